The van der Waals surface area contributed by atoms with E-state index in [1.54, 1.807) is 0 Å². The van der Waals surface area contributed by atoms with Crippen molar-refractivity contribution in [2.24, 2.45) is 0 Å². The topological polar surface area (TPSA) is 0 Å². The van der Waals surface area contributed by atoms with Gasteiger partial charge in [0.1, 0.15) is 0 Å². The summed E-state index contributed by atoms with van der Waals surface area (Å²) in [6, 6.07) is 0. The molecule has 0 bridgehead atoms. The van der Waals surface area contributed by atoms with Crippen LogP contribution in [-0.2, 0) is 0 Å². The summed E-state index contributed by atoms with van der Waals surface area (Å²) < 4.78 is 0. The molecule has 0 aliphatic rings. The molecule has 0 fully saturated rings. The van der Waals surface area contributed by atoms with Crippen LogP contribution in [0.1, 0.15) is 13.8 Å². The van der Waals surface area contributed by atoms with Crippen molar-refractivity contribution in [1.29, 1.82) is 0 Å². The lowest BCUT2D eigenvalue weighted by Crippen LogP contribution is -1.40. The Kier molecular flexibility index (Phi) is 5.37. The fourth-order valence-corrected chi connectivity index (χ4v) is 0.483. The third-order valence-corrected chi connectivity index (χ3v) is 1.10. The highest BCUT2D eigenvalue weighted by Gasteiger charge is 1.60. The minimum Gasteiger partial charge on any atom is -0.0943 e. The van der Waals surface area contributed by atoms with Gasteiger partial charge >= 0.3 is 0 Å². The number of hydrogen-bond acceptors (Lipinski definition) is 1. The smallest absolute Gasteiger partial charge is 0.00179 e. The van der Waals surface area contributed by atoms with Gasteiger partial charge in [0.2, 0.25) is 0 Å². The number of rotatable bonds is 1. The van der Waals surface area contributed by atoms with E-state index in [0.717, 1.165) is 0 Å². The zero-order valence-corrected chi connectivity index (χ0v) is 5.38. The van der Waals surface area contributed by atoms with Crippen molar-refractivity contribution in [1.82, 2.24) is 0 Å². The van der Waals surface area contributed by atoms with Crippen LogP contribution in [0.15, 0.2) is 11.5 Å². The highest BCUT2D eigenvalue weighted by molar-refractivity contribution is 8.06. The lowest BCUT2D eigenvalue weighted by molar-refractivity contribution is 1.79. The Morgan fingerprint density at radius 2 is 2.29 bits per heavy atom. The molecule has 0 aliphatic heterocycles. The van der Waals surface area contributed by atoms with Crippen LogP contribution < -0.4 is 0 Å². The van der Waals surface area contributed by atoms with Crippen molar-refractivity contribution in [3.8, 4) is 11.2 Å². The Morgan fingerprint density at radius 3 is 2.71 bits per heavy atom. The zero-order chi connectivity index (χ0) is 5.54. The van der Waals surface area contributed by atoms with Crippen LogP contribution in [0, 0.1) is 11.2 Å². The first kappa shape index (κ1) is 6.65. The van der Waals surface area contributed by atoms with Crippen molar-refractivity contribution in [3.63, 3.8) is 0 Å². The fraction of sp³-hybridized carbons (Fsp3) is 0.333. The van der Waals surface area contributed by atoms with E-state index >= 15 is 0 Å². The van der Waals surface area contributed by atoms with Crippen LogP contribution in [0.4, 0.5) is 0 Å². The number of allylic oxidation sites excluding steroid dienone is 1. The van der Waals surface area contributed by atoms with Gasteiger partial charge in [0.05, 0.1) is 0 Å². The highest BCUT2D eigenvalue weighted by atomic mass is 32.2. The Bertz CT molecular complexity index is 103. The summed E-state index contributed by atoms with van der Waals surface area (Å²) in [7, 11) is 0. The maximum atomic E-state index is 2.83. The van der Waals surface area contributed by atoms with Gasteiger partial charge in [0.25, 0.3) is 0 Å². The third kappa shape index (κ3) is 5.65. The van der Waals surface area contributed by atoms with E-state index in [2.05, 4.69) is 11.2 Å². The Labute approximate surface area is 49.0 Å². The van der Waals surface area contributed by atoms with Crippen molar-refractivity contribution in [2.45, 2.75) is 13.8 Å². The summed E-state index contributed by atoms with van der Waals surface area (Å²) in [4.78, 5) is 0. The summed E-state index contributed by atoms with van der Waals surface area (Å²) in [6.07, 6.45) is 1.97. The van der Waals surface area contributed by atoms with Gasteiger partial charge in [-0.1, -0.05) is 12.0 Å². The first-order valence-corrected chi connectivity index (χ1v) is 2.98. The molecule has 0 amide bonds. The normalized spacial score (nSPS) is 8.29. The van der Waals surface area contributed by atoms with Gasteiger partial charge in [-0.25, -0.2) is 0 Å². The minimum atomic E-state index is 1.51. The lowest BCUT2D eigenvalue weighted by Gasteiger charge is -1.68. The molecular weight excluding hydrogens is 104 g/mol. The molecule has 0 aliphatic carbocycles. The van der Waals surface area contributed by atoms with Crippen LogP contribution in [0.3, 0.4) is 0 Å². The average molecular weight is 112 g/mol. The molecule has 1 heteroatoms. The average Bonchev–Trinajstić information content (AvgIpc) is 1.69. The van der Waals surface area contributed by atoms with Crippen LogP contribution in [0.2, 0.25) is 0 Å². The van der Waals surface area contributed by atoms with Crippen LogP contribution in [-0.4, -0.2) is 0 Å². The molecule has 0 aromatic heterocycles. The Hall–Kier alpha value is -0.350. The molecule has 7 heavy (non-hydrogen) atoms. The van der Waals surface area contributed by atoms with Gasteiger partial charge in [0, 0.05) is 0 Å². The van der Waals surface area contributed by atoms with Crippen molar-refractivity contribution in [3.05, 3.63) is 11.5 Å². The van der Waals surface area contributed by atoms with E-state index in [1.807, 2.05) is 25.3 Å². The molecular formula is C6H8S. The second-order valence-corrected chi connectivity index (χ2v) is 1.65. The largest absolute Gasteiger partial charge is 0.0943 e. The van der Waals surface area contributed by atoms with E-state index in [1.165, 1.54) is 11.8 Å². The van der Waals surface area contributed by atoms with E-state index in [4.69, 9.17) is 0 Å². The summed E-state index contributed by atoms with van der Waals surface area (Å²) in [5.41, 5.74) is 0. The summed E-state index contributed by atoms with van der Waals surface area (Å²) >= 11 is 1.51. The lowest BCUT2D eigenvalue weighted by atomic mass is 10.8. The Morgan fingerprint density at radius 1 is 1.57 bits per heavy atom. The monoisotopic (exact) mass is 112 g/mol. The molecule has 0 nitrogen and oxygen atoms in total. The van der Waals surface area contributed by atoms with Gasteiger partial charge < -0.3 is 0 Å². The molecule has 0 unspecified atom stereocenters. The Balaban J connectivity index is 3.09. The van der Waals surface area contributed by atoms with Crippen LogP contribution in [0.5, 0.6) is 0 Å². The van der Waals surface area contributed by atoms with E-state index in [0.29, 0.717) is 0 Å². The summed E-state index contributed by atoms with van der Waals surface area (Å²) in [5.74, 6) is 2.76. The standard InChI is InChI=1S/C6H8S/c1-3-5-7-6-4-2/h3,5H,1-2H3/b5-3+. The fourth-order valence-electron chi connectivity index (χ4n) is 0.161. The summed E-state index contributed by atoms with van der Waals surface area (Å²) in [6.45, 7) is 3.81. The molecule has 0 aromatic rings. The quantitative estimate of drug-likeness (QED) is 0.469. The van der Waals surface area contributed by atoms with Gasteiger partial charge in [-0.15, -0.1) is 0 Å². The van der Waals surface area contributed by atoms with Crippen molar-refractivity contribution < 1.29 is 0 Å². The number of thioether (sulfide) groups is 1. The molecule has 0 aromatic carbocycles. The van der Waals surface area contributed by atoms with Gasteiger partial charge in [0.15, 0.2) is 0 Å². The molecule has 0 saturated carbocycles. The van der Waals surface area contributed by atoms with E-state index < -0.39 is 0 Å². The maximum Gasteiger partial charge on any atom is -0.00179 e. The predicted octanol–water partition coefficient (Wildman–Crippen LogP) is 2.23. The van der Waals surface area contributed by atoms with Gasteiger partial charge in [-0.3, -0.25) is 0 Å². The molecule has 0 radical (unpaired) electrons. The van der Waals surface area contributed by atoms with E-state index in [9.17, 15) is 0 Å². The maximum absolute atomic E-state index is 2.83. The first-order chi connectivity index (χ1) is 3.41. The molecule has 0 heterocycles. The summed E-state index contributed by atoms with van der Waals surface area (Å²) in [5, 5.41) is 4.78. The van der Waals surface area contributed by atoms with Crippen LogP contribution >= 0.6 is 11.8 Å². The molecule has 0 saturated heterocycles. The molecule has 0 rings (SSSR count). The predicted molar refractivity (Wildman–Crippen MR) is 35.9 cm³/mol. The third-order valence-electron chi connectivity index (χ3n) is 0.365. The highest BCUT2D eigenvalue weighted by Crippen LogP contribution is 1.95. The molecule has 0 spiro atoms. The number of hydrogen-bond donors (Lipinski definition) is 0. The second-order valence-electron chi connectivity index (χ2n) is 0.939. The van der Waals surface area contributed by atoms with Gasteiger partial charge in [-0.2, -0.15) is 0 Å². The zero-order valence-electron chi connectivity index (χ0n) is 4.56. The minimum absolute atomic E-state index is 1.51. The van der Waals surface area contributed by atoms with Crippen molar-refractivity contribution >= 4 is 11.8 Å². The van der Waals surface area contributed by atoms with E-state index in [-0.39, 0.29) is 0 Å². The first-order valence-electron chi connectivity index (χ1n) is 2.10. The SMILES string of the molecule is CC#CS/C=C/C. The molecule has 38 valence electrons. The molecule has 0 N–H and O–H groups in total. The van der Waals surface area contributed by atoms with Crippen molar-refractivity contribution in [2.75, 3.05) is 0 Å². The second kappa shape index (κ2) is 5.65. The van der Waals surface area contributed by atoms with Gasteiger partial charge in [-0.05, 0) is 36.3 Å². The molecule has 0 atom stereocenters. The van der Waals surface area contributed by atoms with Crippen LogP contribution in [0.25, 0.3) is 0 Å².